The molecule has 1 atom stereocenters. The van der Waals surface area contributed by atoms with Gasteiger partial charge in [0.1, 0.15) is 0 Å². The molecule has 0 aliphatic heterocycles. The summed E-state index contributed by atoms with van der Waals surface area (Å²) in [5.74, 6) is 0.566. The quantitative estimate of drug-likeness (QED) is 0.738. The number of aryl methyl sites for hydroxylation is 1. The van der Waals surface area contributed by atoms with Gasteiger partial charge in [0.25, 0.3) is 0 Å². The maximum atomic E-state index is 9.09. The third-order valence-electron chi connectivity index (χ3n) is 2.03. The van der Waals surface area contributed by atoms with Crippen LogP contribution >= 0.6 is 11.6 Å². The van der Waals surface area contributed by atoms with Crippen LogP contribution in [0, 0.1) is 0 Å². The van der Waals surface area contributed by atoms with Gasteiger partial charge in [-0.05, 0) is 30.9 Å². The van der Waals surface area contributed by atoms with Crippen LogP contribution in [0.3, 0.4) is 0 Å². The van der Waals surface area contributed by atoms with Crippen LogP contribution in [0.4, 0.5) is 0 Å². The van der Waals surface area contributed by atoms with Crippen molar-refractivity contribution in [3.8, 4) is 0 Å². The van der Waals surface area contributed by atoms with Gasteiger partial charge in [0.15, 0.2) is 0 Å². The molecule has 72 valence electrons. The Kier molecular flexibility index (Phi) is 4.26. The number of benzene rings is 1. The van der Waals surface area contributed by atoms with Gasteiger partial charge in [0.2, 0.25) is 0 Å². The van der Waals surface area contributed by atoms with Crippen molar-refractivity contribution in [1.29, 1.82) is 0 Å². The number of aliphatic hydroxyl groups excluding tert-OH is 1. The van der Waals surface area contributed by atoms with Crippen LogP contribution in [0.5, 0.6) is 0 Å². The molecule has 0 aliphatic carbocycles. The molecule has 0 bridgehead atoms. The number of hydrogen-bond donors (Lipinski definition) is 1. The fraction of sp³-hybridized carbons (Fsp3) is 0.455. The molecule has 0 saturated carbocycles. The second kappa shape index (κ2) is 5.25. The fourth-order valence-electron chi connectivity index (χ4n) is 1.17. The molecule has 0 aliphatic rings. The zero-order valence-corrected chi connectivity index (χ0v) is 8.59. The van der Waals surface area contributed by atoms with Gasteiger partial charge in [-0.2, -0.15) is 0 Å². The number of alkyl halides is 1. The third kappa shape index (κ3) is 3.79. The van der Waals surface area contributed by atoms with E-state index < -0.39 is 0 Å². The summed E-state index contributed by atoms with van der Waals surface area (Å²) in [6, 6.07) is 8.20. The largest absolute Gasteiger partial charge is 0.393 e. The normalized spacial score (nSPS) is 12.8. The average molecular weight is 199 g/mol. The molecule has 13 heavy (non-hydrogen) atoms. The highest BCUT2D eigenvalue weighted by atomic mass is 35.5. The standard InChI is InChI=1S/C11H15ClO/c1-9(13)2-3-10-4-6-11(8-12)7-5-10/h4-7,9,13H,2-3,8H2,1H3. The van der Waals surface area contributed by atoms with Crippen LogP contribution in [0.25, 0.3) is 0 Å². The van der Waals surface area contributed by atoms with Crippen molar-refractivity contribution >= 4 is 11.6 Å². The molecule has 0 amide bonds. The summed E-state index contributed by atoms with van der Waals surface area (Å²) in [6.45, 7) is 1.81. The van der Waals surface area contributed by atoms with E-state index in [0.29, 0.717) is 5.88 Å². The molecule has 0 spiro atoms. The second-order valence-corrected chi connectivity index (χ2v) is 3.61. The molecule has 0 heterocycles. The van der Waals surface area contributed by atoms with E-state index in [9.17, 15) is 0 Å². The van der Waals surface area contributed by atoms with Gasteiger partial charge in [0.05, 0.1) is 6.10 Å². The van der Waals surface area contributed by atoms with Crippen LogP contribution in [0.1, 0.15) is 24.5 Å². The Labute approximate surface area is 84.4 Å². The van der Waals surface area contributed by atoms with E-state index in [2.05, 4.69) is 12.1 Å². The molecular weight excluding hydrogens is 184 g/mol. The summed E-state index contributed by atoms with van der Waals surface area (Å²) >= 11 is 5.67. The predicted molar refractivity (Wildman–Crippen MR) is 56.0 cm³/mol. The highest BCUT2D eigenvalue weighted by molar-refractivity contribution is 6.17. The van der Waals surface area contributed by atoms with Gasteiger partial charge in [-0.15, -0.1) is 11.6 Å². The fourth-order valence-corrected chi connectivity index (χ4v) is 1.35. The summed E-state index contributed by atoms with van der Waals surface area (Å²) in [4.78, 5) is 0. The summed E-state index contributed by atoms with van der Waals surface area (Å²) in [5, 5.41) is 9.09. The molecule has 1 rings (SSSR count). The molecule has 0 saturated heterocycles. The zero-order chi connectivity index (χ0) is 9.68. The molecule has 0 aromatic heterocycles. The minimum absolute atomic E-state index is 0.215. The van der Waals surface area contributed by atoms with Crippen LogP contribution < -0.4 is 0 Å². The monoisotopic (exact) mass is 198 g/mol. The van der Waals surface area contributed by atoms with Gasteiger partial charge >= 0.3 is 0 Å². The Morgan fingerprint density at radius 1 is 1.23 bits per heavy atom. The summed E-state index contributed by atoms with van der Waals surface area (Å²) < 4.78 is 0. The average Bonchev–Trinajstić information content (AvgIpc) is 2.15. The first-order chi connectivity index (χ1) is 6.22. The smallest absolute Gasteiger partial charge is 0.0515 e. The van der Waals surface area contributed by atoms with Crippen molar-refractivity contribution in [1.82, 2.24) is 0 Å². The number of halogens is 1. The highest BCUT2D eigenvalue weighted by Gasteiger charge is 1.97. The highest BCUT2D eigenvalue weighted by Crippen LogP contribution is 2.09. The Morgan fingerprint density at radius 3 is 2.23 bits per heavy atom. The van der Waals surface area contributed by atoms with E-state index in [-0.39, 0.29) is 6.10 Å². The van der Waals surface area contributed by atoms with Crippen molar-refractivity contribution in [2.24, 2.45) is 0 Å². The van der Waals surface area contributed by atoms with Gasteiger partial charge in [-0.3, -0.25) is 0 Å². The molecule has 2 heteroatoms. The molecule has 0 fully saturated rings. The van der Waals surface area contributed by atoms with Crippen molar-refractivity contribution in [2.75, 3.05) is 0 Å². The van der Waals surface area contributed by atoms with Gasteiger partial charge in [0, 0.05) is 5.88 Å². The Hall–Kier alpha value is -0.530. The van der Waals surface area contributed by atoms with E-state index in [4.69, 9.17) is 16.7 Å². The first-order valence-corrected chi connectivity index (χ1v) is 5.07. The van der Waals surface area contributed by atoms with Gasteiger partial charge in [-0.25, -0.2) is 0 Å². The summed E-state index contributed by atoms with van der Waals surface area (Å²) in [7, 11) is 0. The Bertz CT molecular complexity index is 241. The lowest BCUT2D eigenvalue weighted by Crippen LogP contribution is -2.01. The number of hydrogen-bond acceptors (Lipinski definition) is 1. The van der Waals surface area contributed by atoms with Crippen LogP contribution in [-0.2, 0) is 12.3 Å². The third-order valence-corrected chi connectivity index (χ3v) is 2.34. The summed E-state index contributed by atoms with van der Waals surface area (Å²) in [5.41, 5.74) is 2.40. The lowest BCUT2D eigenvalue weighted by molar-refractivity contribution is 0.185. The van der Waals surface area contributed by atoms with Crippen molar-refractivity contribution < 1.29 is 5.11 Å². The zero-order valence-electron chi connectivity index (χ0n) is 7.83. The summed E-state index contributed by atoms with van der Waals surface area (Å²) in [6.07, 6.45) is 1.54. The molecule has 0 radical (unpaired) electrons. The maximum Gasteiger partial charge on any atom is 0.0515 e. The minimum Gasteiger partial charge on any atom is -0.393 e. The molecular formula is C11H15ClO. The van der Waals surface area contributed by atoms with E-state index in [0.717, 1.165) is 18.4 Å². The molecule has 1 N–H and O–H groups in total. The molecule has 1 aromatic rings. The van der Waals surface area contributed by atoms with Crippen LogP contribution in [-0.4, -0.2) is 11.2 Å². The van der Waals surface area contributed by atoms with Crippen molar-refractivity contribution in [3.05, 3.63) is 35.4 Å². The Morgan fingerprint density at radius 2 is 1.77 bits per heavy atom. The first kappa shape index (κ1) is 10.6. The molecule has 1 nitrogen and oxygen atoms in total. The first-order valence-electron chi connectivity index (χ1n) is 4.54. The van der Waals surface area contributed by atoms with E-state index >= 15 is 0 Å². The SMILES string of the molecule is CC(O)CCc1ccc(CCl)cc1. The number of aliphatic hydroxyl groups is 1. The van der Waals surface area contributed by atoms with Crippen LogP contribution in [0.2, 0.25) is 0 Å². The molecule has 1 aromatic carbocycles. The topological polar surface area (TPSA) is 20.2 Å². The number of rotatable bonds is 4. The lowest BCUT2D eigenvalue weighted by atomic mass is 10.1. The van der Waals surface area contributed by atoms with E-state index in [1.807, 2.05) is 19.1 Å². The van der Waals surface area contributed by atoms with Crippen molar-refractivity contribution in [3.63, 3.8) is 0 Å². The van der Waals surface area contributed by atoms with Crippen LogP contribution in [0.15, 0.2) is 24.3 Å². The predicted octanol–water partition coefficient (Wildman–Crippen LogP) is 2.74. The Balaban J connectivity index is 2.49. The van der Waals surface area contributed by atoms with Gasteiger partial charge in [-0.1, -0.05) is 24.3 Å². The maximum absolute atomic E-state index is 9.09. The van der Waals surface area contributed by atoms with Crippen molar-refractivity contribution in [2.45, 2.75) is 31.7 Å². The van der Waals surface area contributed by atoms with E-state index in [1.165, 1.54) is 5.56 Å². The second-order valence-electron chi connectivity index (χ2n) is 3.34. The van der Waals surface area contributed by atoms with Gasteiger partial charge < -0.3 is 5.11 Å². The van der Waals surface area contributed by atoms with E-state index in [1.54, 1.807) is 0 Å². The lowest BCUT2D eigenvalue weighted by Gasteiger charge is -2.04. The minimum atomic E-state index is -0.215. The molecule has 1 unspecified atom stereocenters.